The Hall–Kier alpha value is -0.130. The summed E-state index contributed by atoms with van der Waals surface area (Å²) in [5, 5.41) is 2.93. The Morgan fingerprint density at radius 2 is 2.29 bits per heavy atom. The fourth-order valence-corrected chi connectivity index (χ4v) is 3.86. The Morgan fingerprint density at radius 3 is 2.93 bits per heavy atom. The fourth-order valence-electron chi connectivity index (χ4n) is 1.34. The van der Waals surface area contributed by atoms with Crippen LogP contribution in [0.1, 0.15) is 15.9 Å². The molecule has 0 atom stereocenters. The lowest BCUT2D eigenvalue weighted by molar-refractivity contribution is 0.112. The molecule has 0 unspecified atom stereocenters. The molecule has 1 heterocycles. The van der Waals surface area contributed by atoms with Crippen molar-refractivity contribution in [2.24, 2.45) is 0 Å². The van der Waals surface area contributed by atoms with E-state index < -0.39 is 0 Å². The first-order valence-corrected chi connectivity index (χ1v) is 6.47. The van der Waals surface area contributed by atoms with Gasteiger partial charge in [0.25, 0.3) is 0 Å². The Balaban J connectivity index is 2.83. The molecule has 0 spiro atoms. The van der Waals surface area contributed by atoms with E-state index >= 15 is 0 Å². The lowest BCUT2D eigenvalue weighted by Gasteiger charge is -2.01. The second-order valence-corrected chi connectivity index (χ2v) is 5.11. The molecular weight excluding hydrogens is 331 g/mol. The maximum absolute atomic E-state index is 10.8. The molecule has 0 aliphatic heterocycles. The molecule has 0 radical (unpaired) electrons. The molecule has 2 rings (SSSR count). The molecule has 0 N–H and O–H groups in total. The fraction of sp³-hybridized carbons (Fsp3) is 0.100. The Kier molecular flexibility index (Phi) is 3.09. The van der Waals surface area contributed by atoms with Gasteiger partial charge < -0.3 is 0 Å². The number of halogens is 2. The van der Waals surface area contributed by atoms with Crippen molar-refractivity contribution in [1.29, 1.82) is 0 Å². The Morgan fingerprint density at radius 1 is 1.50 bits per heavy atom. The van der Waals surface area contributed by atoms with E-state index in [2.05, 4.69) is 22.6 Å². The van der Waals surface area contributed by atoms with Crippen LogP contribution in [0.5, 0.6) is 0 Å². The summed E-state index contributed by atoms with van der Waals surface area (Å²) < 4.78 is 2.24. The molecular formula is C10H6ClIOS. The number of carbonyl (C=O) groups excluding carboxylic acids is 1. The molecule has 2 aromatic rings. The normalized spacial score (nSPS) is 10.7. The highest BCUT2D eigenvalue weighted by Gasteiger charge is 2.09. The van der Waals surface area contributed by atoms with Gasteiger partial charge in [-0.25, -0.2) is 0 Å². The van der Waals surface area contributed by atoms with Crippen molar-refractivity contribution < 1.29 is 4.79 Å². The number of hydrogen-bond donors (Lipinski definition) is 0. The maximum Gasteiger partial charge on any atom is 0.151 e. The molecule has 0 aliphatic rings. The van der Waals surface area contributed by atoms with Gasteiger partial charge in [-0.05, 0) is 34.2 Å². The molecule has 0 saturated carbocycles. The zero-order valence-corrected chi connectivity index (χ0v) is 10.8. The molecule has 0 amide bonds. The summed E-state index contributed by atoms with van der Waals surface area (Å²) in [5.74, 6) is 0.488. The van der Waals surface area contributed by atoms with Gasteiger partial charge in [0, 0.05) is 30.5 Å². The highest BCUT2D eigenvalue weighted by molar-refractivity contribution is 14.1. The lowest BCUT2D eigenvalue weighted by atomic mass is 10.1. The van der Waals surface area contributed by atoms with Crippen molar-refractivity contribution in [3.05, 3.63) is 32.2 Å². The number of aldehydes is 1. The molecule has 0 fully saturated rings. The number of carbonyl (C=O) groups is 1. The first-order chi connectivity index (χ1) is 6.77. The molecule has 14 heavy (non-hydrogen) atoms. The lowest BCUT2D eigenvalue weighted by Crippen LogP contribution is -1.86. The topological polar surface area (TPSA) is 17.1 Å². The van der Waals surface area contributed by atoms with Gasteiger partial charge in [0.2, 0.25) is 0 Å². The average molecular weight is 337 g/mol. The molecule has 0 bridgehead atoms. The molecule has 1 aromatic carbocycles. The average Bonchev–Trinajstić information content (AvgIpc) is 2.62. The molecule has 4 heteroatoms. The largest absolute Gasteiger partial charge is 0.298 e. The minimum atomic E-state index is 0.488. The predicted molar refractivity (Wildman–Crippen MR) is 69.5 cm³/mol. The molecule has 0 aliphatic carbocycles. The summed E-state index contributed by atoms with van der Waals surface area (Å²) >= 11 is 9.65. The van der Waals surface area contributed by atoms with Gasteiger partial charge in [-0.1, -0.05) is 6.07 Å². The maximum atomic E-state index is 10.8. The van der Waals surface area contributed by atoms with Crippen LogP contribution in [0.3, 0.4) is 0 Å². The van der Waals surface area contributed by atoms with Crippen molar-refractivity contribution in [2.75, 3.05) is 0 Å². The van der Waals surface area contributed by atoms with Gasteiger partial charge in [0.1, 0.15) is 0 Å². The number of thiophene rings is 1. The van der Waals surface area contributed by atoms with Crippen LogP contribution in [-0.2, 0) is 5.88 Å². The van der Waals surface area contributed by atoms with Crippen LogP contribution >= 0.6 is 45.5 Å². The first kappa shape index (κ1) is 10.4. The molecule has 1 aromatic heterocycles. The van der Waals surface area contributed by atoms with Gasteiger partial charge in [0.15, 0.2) is 6.29 Å². The third kappa shape index (κ3) is 1.57. The highest BCUT2D eigenvalue weighted by atomic mass is 127. The van der Waals surface area contributed by atoms with Gasteiger partial charge in [-0.2, -0.15) is 0 Å². The van der Waals surface area contributed by atoms with Crippen LogP contribution < -0.4 is 0 Å². The minimum absolute atomic E-state index is 0.488. The zero-order chi connectivity index (χ0) is 10.1. The summed E-state index contributed by atoms with van der Waals surface area (Å²) in [6, 6.07) is 4.04. The van der Waals surface area contributed by atoms with Gasteiger partial charge in [-0.3, -0.25) is 4.79 Å². The zero-order valence-electron chi connectivity index (χ0n) is 7.09. The summed E-state index contributed by atoms with van der Waals surface area (Å²) in [5.41, 5.74) is 1.85. The number of benzene rings is 1. The Bertz CT molecular complexity index is 492. The molecule has 0 saturated heterocycles. The standard InChI is InChI=1S/C10H6ClIOS/c11-3-6-1-2-8-9(10(6)12)7(4-13)5-14-8/h1-2,4-5H,3H2. The number of alkyl halides is 1. The summed E-state index contributed by atoms with van der Waals surface area (Å²) in [6.45, 7) is 0. The number of rotatable bonds is 2. The molecule has 1 nitrogen and oxygen atoms in total. The quantitative estimate of drug-likeness (QED) is 0.459. The van der Waals surface area contributed by atoms with Gasteiger partial charge in [-0.15, -0.1) is 22.9 Å². The van der Waals surface area contributed by atoms with Crippen LogP contribution in [0.2, 0.25) is 0 Å². The van der Waals surface area contributed by atoms with Crippen molar-refractivity contribution in [2.45, 2.75) is 5.88 Å². The SMILES string of the molecule is O=Cc1csc2ccc(CCl)c(I)c12. The third-order valence-corrected chi connectivity index (χ3v) is 4.54. The van der Waals surface area contributed by atoms with Crippen molar-refractivity contribution >= 4 is 61.9 Å². The third-order valence-electron chi connectivity index (χ3n) is 2.06. The van der Waals surface area contributed by atoms with E-state index in [1.807, 2.05) is 17.5 Å². The van der Waals surface area contributed by atoms with E-state index in [9.17, 15) is 4.79 Å². The monoisotopic (exact) mass is 336 g/mol. The number of hydrogen-bond acceptors (Lipinski definition) is 2. The van der Waals surface area contributed by atoms with Crippen LogP contribution in [0.4, 0.5) is 0 Å². The second-order valence-electron chi connectivity index (χ2n) is 2.85. The van der Waals surface area contributed by atoms with Crippen molar-refractivity contribution in [3.8, 4) is 0 Å². The number of fused-ring (bicyclic) bond motifs is 1. The summed E-state index contributed by atoms with van der Waals surface area (Å²) in [6.07, 6.45) is 0.902. The van der Waals surface area contributed by atoms with Crippen LogP contribution in [0, 0.1) is 3.57 Å². The summed E-state index contributed by atoms with van der Waals surface area (Å²) in [4.78, 5) is 10.8. The smallest absolute Gasteiger partial charge is 0.151 e. The van der Waals surface area contributed by atoms with E-state index in [1.165, 1.54) is 0 Å². The van der Waals surface area contributed by atoms with Crippen molar-refractivity contribution in [3.63, 3.8) is 0 Å². The molecule has 72 valence electrons. The minimum Gasteiger partial charge on any atom is -0.298 e. The van der Waals surface area contributed by atoms with Crippen LogP contribution in [0.15, 0.2) is 17.5 Å². The van der Waals surface area contributed by atoms with E-state index in [4.69, 9.17) is 11.6 Å². The Labute approximate surface area is 104 Å². The second kappa shape index (κ2) is 4.16. The van der Waals surface area contributed by atoms with Crippen LogP contribution in [-0.4, -0.2) is 6.29 Å². The van der Waals surface area contributed by atoms with E-state index in [0.717, 1.165) is 31.1 Å². The highest BCUT2D eigenvalue weighted by Crippen LogP contribution is 2.31. The van der Waals surface area contributed by atoms with Crippen LogP contribution in [0.25, 0.3) is 10.1 Å². The van der Waals surface area contributed by atoms with E-state index in [1.54, 1.807) is 11.3 Å². The predicted octanol–water partition coefficient (Wildman–Crippen LogP) is 4.06. The van der Waals surface area contributed by atoms with Gasteiger partial charge in [0.05, 0.1) is 0 Å². The first-order valence-electron chi connectivity index (χ1n) is 3.97. The van der Waals surface area contributed by atoms with Gasteiger partial charge >= 0.3 is 0 Å². The summed E-state index contributed by atoms with van der Waals surface area (Å²) in [7, 11) is 0. The van der Waals surface area contributed by atoms with E-state index in [0.29, 0.717) is 5.88 Å². The van der Waals surface area contributed by atoms with Crippen molar-refractivity contribution in [1.82, 2.24) is 0 Å². The van der Waals surface area contributed by atoms with E-state index in [-0.39, 0.29) is 0 Å².